The van der Waals surface area contributed by atoms with Gasteiger partial charge in [-0.2, -0.15) is 0 Å². The van der Waals surface area contributed by atoms with Crippen molar-refractivity contribution in [2.24, 2.45) is 11.0 Å². The number of hydrazine groups is 2. The van der Waals surface area contributed by atoms with Gasteiger partial charge in [0.25, 0.3) is 11.8 Å². The Labute approximate surface area is 208 Å². The summed E-state index contributed by atoms with van der Waals surface area (Å²) in [6.45, 7) is 0.555. The number of carbonyl (C=O) groups excluding carboxylic acids is 3. The van der Waals surface area contributed by atoms with Gasteiger partial charge in [0.05, 0.1) is 23.5 Å². The van der Waals surface area contributed by atoms with Crippen LogP contribution in [0.4, 0.5) is 0 Å². The third kappa shape index (κ3) is 4.61. The summed E-state index contributed by atoms with van der Waals surface area (Å²) in [5.74, 6) is 3.34. The average molecular weight is 478 g/mol. The normalized spacial score (nSPS) is 28.3. The van der Waals surface area contributed by atoms with Crippen LogP contribution in [0.2, 0.25) is 0 Å². The van der Waals surface area contributed by atoms with E-state index in [0.717, 1.165) is 18.4 Å². The molecule has 4 heterocycles. The predicted molar refractivity (Wildman–Crippen MR) is 105 cm³/mol. The molecule has 0 bridgehead atoms. The number of β-lactam (4-membered cyclic amide) rings is 1. The van der Waals surface area contributed by atoms with Crippen LogP contribution < -0.4 is 51.2 Å². The molecule has 4 aliphatic rings. The molecule has 2 fully saturated rings. The minimum absolute atomic E-state index is 0. The summed E-state index contributed by atoms with van der Waals surface area (Å²) >= 11 is 2.47. The van der Waals surface area contributed by atoms with Crippen LogP contribution in [-0.4, -0.2) is 69.9 Å². The van der Waals surface area contributed by atoms with Crippen LogP contribution in [0.1, 0.15) is 12.8 Å². The van der Waals surface area contributed by atoms with Crippen molar-refractivity contribution in [3.8, 4) is 0 Å². The third-order valence-electron chi connectivity index (χ3n) is 4.96. The van der Waals surface area contributed by atoms with E-state index in [1.165, 1.54) is 28.3 Å². The molecule has 0 aromatic heterocycles. The fraction of sp³-hybridized carbons (Fsp3) is 0.500. The average Bonchev–Trinajstić information content (AvgIpc) is 3.40. The Kier molecular flexibility index (Phi) is 7.96. The van der Waals surface area contributed by atoms with E-state index in [2.05, 4.69) is 15.9 Å². The molecule has 0 saturated carbocycles. The Balaban J connectivity index is 0.00000272. The second-order valence-corrected chi connectivity index (χ2v) is 8.67. The molecule has 0 spiro atoms. The first-order chi connectivity index (χ1) is 14.4. The molecular formula is C16H19N6NaO6S2. The smallest absolute Gasteiger partial charge is 0.543 e. The van der Waals surface area contributed by atoms with Crippen molar-refractivity contribution in [3.63, 3.8) is 0 Å². The summed E-state index contributed by atoms with van der Waals surface area (Å²) in [6, 6.07) is -0.909. The van der Waals surface area contributed by atoms with E-state index < -0.39 is 29.2 Å². The van der Waals surface area contributed by atoms with Crippen LogP contribution in [0, 0.1) is 0 Å². The van der Waals surface area contributed by atoms with E-state index in [4.69, 9.17) is 15.4 Å². The number of oxime groups is 1. The van der Waals surface area contributed by atoms with E-state index in [1.54, 1.807) is 5.41 Å². The molecular weight excluding hydrogens is 459 g/mol. The number of ether oxygens (including phenoxy) is 1. The molecule has 0 radical (unpaired) electrons. The van der Waals surface area contributed by atoms with Crippen molar-refractivity contribution >= 4 is 47.2 Å². The monoisotopic (exact) mass is 478 g/mol. The largest absolute Gasteiger partial charge is 1.00 e. The Morgan fingerprint density at radius 3 is 2.84 bits per heavy atom. The summed E-state index contributed by atoms with van der Waals surface area (Å²) in [4.78, 5) is 43.2. The van der Waals surface area contributed by atoms with E-state index in [-0.39, 0.29) is 47.1 Å². The number of carbonyl (C=O) groups is 3. The number of nitrogens with one attached hydrogen (secondary N) is 2. The summed E-state index contributed by atoms with van der Waals surface area (Å²) in [5.41, 5.74) is 3.32. The predicted octanol–water partition coefficient (Wildman–Crippen LogP) is -5.24. The number of hydrogen-bond donors (Lipinski definition) is 3. The van der Waals surface area contributed by atoms with E-state index in [1.807, 2.05) is 0 Å². The molecule has 162 valence electrons. The second-order valence-electron chi connectivity index (χ2n) is 6.72. The maximum absolute atomic E-state index is 12.8. The zero-order chi connectivity index (χ0) is 21.4. The van der Waals surface area contributed by atoms with Crippen LogP contribution in [0.25, 0.3) is 0 Å². The van der Waals surface area contributed by atoms with Gasteiger partial charge < -0.3 is 24.8 Å². The Bertz CT molecular complexity index is 877. The molecule has 2 amide bonds. The standard InChI is InChI=1S/C16H20N6O6S2.Na/c1-27-20-10(8-6-30-22(17)19-8)13(23)18-11-14(24)21-12(16(25)26)7(5-29-15(11)21)9-3-2-4-28-9;/h6,9,11,15,19H,2-5,17H2,1H3,(H,18,23)(H,25,26);/q;+1/p-1/b20-10-;/t9-,11+,15+;/m0./s1. The number of nitrogens with two attached hydrogens (primary N) is 1. The number of amides is 2. The van der Waals surface area contributed by atoms with Gasteiger partial charge in [-0.15, -0.1) is 11.8 Å². The fourth-order valence-electron chi connectivity index (χ4n) is 3.63. The number of carboxylic acids is 1. The molecule has 3 atom stereocenters. The van der Waals surface area contributed by atoms with Gasteiger partial charge in [0.15, 0.2) is 5.71 Å². The molecule has 2 saturated heterocycles. The zero-order valence-corrected chi connectivity index (χ0v) is 20.5. The summed E-state index contributed by atoms with van der Waals surface area (Å²) in [7, 11) is 1.28. The summed E-state index contributed by atoms with van der Waals surface area (Å²) in [6.07, 6.45) is 1.21. The molecule has 0 aromatic carbocycles. The van der Waals surface area contributed by atoms with E-state index >= 15 is 0 Å². The molecule has 4 rings (SSSR count). The van der Waals surface area contributed by atoms with Crippen molar-refractivity contribution in [1.82, 2.24) is 20.2 Å². The van der Waals surface area contributed by atoms with Gasteiger partial charge in [-0.05, 0) is 30.4 Å². The molecule has 4 aliphatic heterocycles. The summed E-state index contributed by atoms with van der Waals surface area (Å²) < 4.78 is 6.77. The van der Waals surface area contributed by atoms with Gasteiger partial charge in [-0.25, -0.2) is 5.84 Å². The number of nitrogens with zero attached hydrogens (tertiary/aromatic N) is 3. The van der Waals surface area contributed by atoms with Gasteiger partial charge in [-0.3, -0.25) is 19.9 Å². The first kappa shape index (κ1) is 24.4. The number of thioether (sulfide) groups is 1. The molecule has 0 aromatic rings. The van der Waals surface area contributed by atoms with E-state index in [9.17, 15) is 19.5 Å². The number of rotatable bonds is 6. The van der Waals surface area contributed by atoms with Crippen molar-refractivity contribution in [1.29, 1.82) is 0 Å². The minimum Gasteiger partial charge on any atom is -0.543 e. The molecule has 4 N–H and O–H groups in total. The number of aliphatic carboxylic acids is 1. The second kappa shape index (κ2) is 10.1. The van der Waals surface area contributed by atoms with Crippen LogP contribution in [0.5, 0.6) is 0 Å². The van der Waals surface area contributed by atoms with Gasteiger partial charge in [0.2, 0.25) is 0 Å². The van der Waals surface area contributed by atoms with Crippen molar-refractivity contribution in [2.45, 2.75) is 30.4 Å². The maximum atomic E-state index is 12.8. The van der Waals surface area contributed by atoms with Gasteiger partial charge in [0, 0.05) is 17.8 Å². The van der Waals surface area contributed by atoms with Crippen molar-refractivity contribution in [3.05, 3.63) is 22.4 Å². The first-order valence-corrected chi connectivity index (χ1v) is 10.9. The molecule has 12 nitrogen and oxygen atoms in total. The third-order valence-corrected chi connectivity index (χ3v) is 6.93. The summed E-state index contributed by atoms with van der Waals surface area (Å²) in [5, 5.41) is 19.1. The van der Waals surface area contributed by atoms with Crippen LogP contribution >= 0.6 is 23.7 Å². The zero-order valence-electron chi connectivity index (χ0n) is 16.8. The number of fused-ring (bicyclic) bond motifs is 1. The van der Waals surface area contributed by atoms with Crippen molar-refractivity contribution in [2.75, 3.05) is 19.5 Å². The molecule has 0 aliphatic carbocycles. The van der Waals surface area contributed by atoms with Crippen LogP contribution in [0.3, 0.4) is 0 Å². The Morgan fingerprint density at radius 1 is 1.48 bits per heavy atom. The quantitative estimate of drug-likeness (QED) is 0.0835. The SMILES string of the molecule is CO/N=C(\C(=O)N[C@@H]1C(=O)N2C(C(=O)[O-])=C([C@@H]3CCCO3)CS[C@H]12)C1=CSN(N)N1.[Na+]. The Hall–Kier alpha value is -1.26. The van der Waals surface area contributed by atoms with E-state index in [0.29, 0.717) is 30.1 Å². The van der Waals surface area contributed by atoms with Crippen LogP contribution in [-0.2, 0) is 24.0 Å². The molecule has 31 heavy (non-hydrogen) atoms. The van der Waals surface area contributed by atoms with Gasteiger partial charge >= 0.3 is 29.6 Å². The number of carboxylic acid groups (broad SMARTS) is 1. The van der Waals surface area contributed by atoms with Crippen LogP contribution in [0.15, 0.2) is 27.5 Å². The topological polar surface area (TPSA) is 162 Å². The molecule has 0 unspecified atom stereocenters. The fourth-order valence-corrected chi connectivity index (χ4v) is 5.58. The number of hydrogen-bond acceptors (Lipinski definition) is 12. The Morgan fingerprint density at radius 2 is 2.26 bits per heavy atom. The van der Waals surface area contributed by atoms with Gasteiger partial charge in [-0.1, -0.05) is 9.68 Å². The minimum atomic E-state index is -1.43. The molecule has 15 heteroatoms. The van der Waals surface area contributed by atoms with Gasteiger partial charge in [0.1, 0.15) is 18.5 Å². The van der Waals surface area contributed by atoms with Crippen molar-refractivity contribution < 1.29 is 58.6 Å². The maximum Gasteiger partial charge on any atom is 1.00 e. The first-order valence-electron chi connectivity index (χ1n) is 9.04.